The van der Waals surface area contributed by atoms with E-state index in [9.17, 15) is 9.90 Å². The molecule has 0 amide bonds. The van der Waals surface area contributed by atoms with Crippen LogP contribution >= 0.6 is 0 Å². The maximum absolute atomic E-state index is 12.5. The van der Waals surface area contributed by atoms with Crippen LogP contribution in [0.25, 0.3) is 0 Å². The molecule has 0 radical (unpaired) electrons. The van der Waals surface area contributed by atoms with E-state index in [1.54, 1.807) is 7.11 Å². The molecule has 3 atom stereocenters. The number of hydrogen-bond acceptors (Lipinski definition) is 4. The second-order valence-electron chi connectivity index (χ2n) is 13.4. The van der Waals surface area contributed by atoms with Crippen molar-refractivity contribution in [2.45, 2.75) is 112 Å². The van der Waals surface area contributed by atoms with Gasteiger partial charge in [0.15, 0.2) is 0 Å². The Balaban J connectivity index is 1.96. The lowest BCUT2D eigenvalue weighted by Crippen LogP contribution is -2.52. The molecule has 4 heteroatoms. The number of methoxy groups -OCH3 is 1. The second-order valence-corrected chi connectivity index (χ2v) is 13.4. The number of benzene rings is 1. The number of carbonyl (C=O) groups is 1. The Morgan fingerprint density at radius 2 is 1.81 bits per heavy atom. The van der Waals surface area contributed by atoms with Crippen LogP contribution in [0.5, 0.6) is 5.75 Å². The van der Waals surface area contributed by atoms with Crippen molar-refractivity contribution >= 4 is 5.97 Å². The van der Waals surface area contributed by atoms with Crippen LogP contribution in [0.1, 0.15) is 117 Å². The van der Waals surface area contributed by atoms with Gasteiger partial charge in [0, 0.05) is 11.5 Å². The van der Waals surface area contributed by atoms with Crippen molar-refractivity contribution in [3.63, 3.8) is 0 Å². The van der Waals surface area contributed by atoms with Gasteiger partial charge in [-0.15, -0.1) is 0 Å². The quantitative estimate of drug-likeness (QED) is 0.193. The van der Waals surface area contributed by atoms with E-state index >= 15 is 0 Å². The summed E-state index contributed by atoms with van der Waals surface area (Å²) in [4.78, 5) is 12.5. The SMILES string of the molecule is CCCCCCC(C)(C)c1cc(CO)c([C@@H]2C=C(COC(=O)C(C)(C)C)[C@@H]3C[C@H]2C3(C)C)c(OC)c1. The lowest BCUT2D eigenvalue weighted by Gasteiger charge is -2.59. The molecule has 0 spiro atoms. The zero-order valence-corrected chi connectivity index (χ0v) is 24.3. The van der Waals surface area contributed by atoms with Crippen LogP contribution in [-0.4, -0.2) is 24.8 Å². The number of rotatable bonds is 11. The zero-order chi connectivity index (χ0) is 26.9. The van der Waals surface area contributed by atoms with Crippen LogP contribution in [0, 0.1) is 22.7 Å². The summed E-state index contributed by atoms with van der Waals surface area (Å²) < 4.78 is 11.8. The molecule has 36 heavy (non-hydrogen) atoms. The maximum Gasteiger partial charge on any atom is 0.311 e. The second kappa shape index (κ2) is 10.9. The lowest BCUT2D eigenvalue weighted by atomic mass is 9.45. The summed E-state index contributed by atoms with van der Waals surface area (Å²) in [6, 6.07) is 4.42. The van der Waals surface area contributed by atoms with Crippen LogP contribution < -0.4 is 4.74 Å². The molecule has 2 bridgehead atoms. The van der Waals surface area contributed by atoms with E-state index in [0.717, 1.165) is 29.7 Å². The van der Waals surface area contributed by atoms with Gasteiger partial charge in [-0.2, -0.15) is 0 Å². The molecule has 202 valence electrons. The number of allylic oxidation sites excluding steroid dienone is 1. The Bertz CT molecular complexity index is 938. The molecule has 1 N–H and O–H groups in total. The predicted octanol–water partition coefficient (Wildman–Crippen LogP) is 7.71. The first-order valence-electron chi connectivity index (χ1n) is 14.0. The molecular weight excluding hydrogens is 448 g/mol. The Kier molecular flexibility index (Phi) is 8.70. The van der Waals surface area contributed by atoms with Crippen LogP contribution in [-0.2, 0) is 21.6 Å². The molecule has 0 aliphatic heterocycles. The van der Waals surface area contributed by atoms with E-state index < -0.39 is 5.41 Å². The standard InChI is InChI=1S/C32H50O4/c1-10-11-12-13-14-31(5,6)23-15-21(19-33)28(27(17-23)35-9)24-16-22(20-36-29(34)30(2,3)4)25-18-26(24)32(25,7)8/h15-17,24-26,33H,10-14,18-20H2,1-9H3/t24-,25+,26-/m1/s1. The van der Waals surface area contributed by atoms with E-state index in [4.69, 9.17) is 9.47 Å². The smallest absolute Gasteiger partial charge is 0.311 e. The molecule has 0 unspecified atom stereocenters. The van der Waals surface area contributed by atoms with E-state index in [-0.39, 0.29) is 29.3 Å². The number of esters is 1. The average Bonchev–Trinajstić information content (AvgIpc) is 2.82. The van der Waals surface area contributed by atoms with E-state index in [1.807, 2.05) is 20.8 Å². The number of aliphatic hydroxyl groups is 1. The number of unbranched alkanes of at least 4 members (excludes halogenated alkanes) is 3. The van der Waals surface area contributed by atoms with E-state index in [0.29, 0.717) is 18.4 Å². The van der Waals surface area contributed by atoms with Gasteiger partial charge >= 0.3 is 5.97 Å². The molecule has 0 saturated heterocycles. The van der Waals surface area contributed by atoms with Crippen LogP contribution in [0.4, 0.5) is 0 Å². The number of fused-ring (bicyclic) bond motifs is 1. The highest BCUT2D eigenvalue weighted by atomic mass is 16.5. The molecule has 1 aromatic carbocycles. The zero-order valence-electron chi connectivity index (χ0n) is 24.3. The minimum atomic E-state index is -0.515. The van der Waals surface area contributed by atoms with Crippen LogP contribution in [0.2, 0.25) is 0 Å². The third-order valence-electron chi connectivity index (χ3n) is 8.99. The average molecular weight is 499 g/mol. The minimum absolute atomic E-state index is 0.0129. The van der Waals surface area contributed by atoms with Crippen molar-refractivity contribution in [3.8, 4) is 5.75 Å². The fourth-order valence-corrected chi connectivity index (χ4v) is 6.35. The number of carbonyl (C=O) groups excluding carboxylic acids is 1. The van der Waals surface area contributed by atoms with Crippen molar-refractivity contribution in [2.24, 2.45) is 22.7 Å². The van der Waals surface area contributed by atoms with Gasteiger partial charge in [-0.25, -0.2) is 0 Å². The Hall–Kier alpha value is -1.81. The highest BCUT2D eigenvalue weighted by Crippen LogP contribution is 2.64. The molecule has 4 nitrogen and oxygen atoms in total. The van der Waals surface area contributed by atoms with E-state index in [2.05, 4.69) is 52.8 Å². The summed E-state index contributed by atoms with van der Waals surface area (Å²) in [6.45, 7) is 17.5. The first kappa shape index (κ1) is 28.8. The van der Waals surface area contributed by atoms with Gasteiger partial charge in [0.05, 0.1) is 19.1 Å². The summed E-state index contributed by atoms with van der Waals surface area (Å²) in [6.07, 6.45) is 9.49. The summed E-state index contributed by atoms with van der Waals surface area (Å²) in [5, 5.41) is 10.5. The van der Waals surface area contributed by atoms with Gasteiger partial charge in [0.25, 0.3) is 0 Å². The molecule has 3 aliphatic rings. The Morgan fingerprint density at radius 1 is 1.11 bits per heavy atom. The van der Waals surface area contributed by atoms with Gasteiger partial charge in [0.1, 0.15) is 12.4 Å². The fraction of sp³-hybridized carbons (Fsp3) is 0.719. The molecule has 1 saturated carbocycles. The van der Waals surface area contributed by atoms with Crippen molar-refractivity contribution < 1.29 is 19.4 Å². The summed E-state index contributed by atoms with van der Waals surface area (Å²) >= 11 is 0. The number of aliphatic hydroxyl groups excluding tert-OH is 1. The largest absolute Gasteiger partial charge is 0.496 e. The number of ether oxygens (including phenoxy) is 2. The molecule has 0 aromatic heterocycles. The monoisotopic (exact) mass is 498 g/mol. The maximum atomic E-state index is 12.5. The van der Waals surface area contributed by atoms with Crippen molar-refractivity contribution in [2.75, 3.05) is 13.7 Å². The van der Waals surface area contributed by atoms with Crippen molar-refractivity contribution in [1.29, 1.82) is 0 Å². The predicted molar refractivity (Wildman–Crippen MR) is 147 cm³/mol. The fourth-order valence-electron chi connectivity index (χ4n) is 6.35. The van der Waals surface area contributed by atoms with Gasteiger partial charge in [-0.05, 0) is 79.0 Å². The molecule has 0 heterocycles. The van der Waals surface area contributed by atoms with Gasteiger partial charge in [-0.3, -0.25) is 4.79 Å². The normalized spacial score (nSPS) is 23.1. The van der Waals surface area contributed by atoms with E-state index in [1.165, 1.54) is 36.8 Å². The van der Waals surface area contributed by atoms with Crippen LogP contribution in [0.15, 0.2) is 23.8 Å². The lowest BCUT2D eigenvalue weighted by molar-refractivity contribution is -0.152. The Labute approximate surface area is 219 Å². The molecule has 3 aliphatic carbocycles. The van der Waals surface area contributed by atoms with Gasteiger partial charge < -0.3 is 14.6 Å². The molecule has 1 fully saturated rings. The Morgan fingerprint density at radius 3 is 2.36 bits per heavy atom. The van der Waals surface area contributed by atoms with Gasteiger partial charge in [-0.1, -0.05) is 72.4 Å². The summed E-state index contributed by atoms with van der Waals surface area (Å²) in [5.41, 5.74) is 4.10. The summed E-state index contributed by atoms with van der Waals surface area (Å²) in [7, 11) is 1.74. The summed E-state index contributed by atoms with van der Waals surface area (Å²) in [5.74, 6) is 1.73. The first-order valence-corrected chi connectivity index (χ1v) is 14.0. The third kappa shape index (κ3) is 5.69. The first-order chi connectivity index (χ1) is 16.8. The number of hydrogen-bond donors (Lipinski definition) is 1. The topological polar surface area (TPSA) is 55.8 Å². The van der Waals surface area contributed by atoms with Crippen molar-refractivity contribution in [3.05, 3.63) is 40.5 Å². The molecule has 1 aromatic rings. The van der Waals surface area contributed by atoms with Crippen molar-refractivity contribution in [1.82, 2.24) is 0 Å². The van der Waals surface area contributed by atoms with Crippen LogP contribution in [0.3, 0.4) is 0 Å². The molecule has 4 rings (SSSR count). The minimum Gasteiger partial charge on any atom is -0.496 e. The molecular formula is C32H50O4. The van der Waals surface area contributed by atoms with Gasteiger partial charge in [0.2, 0.25) is 0 Å². The third-order valence-corrected chi connectivity index (χ3v) is 8.99. The highest BCUT2D eigenvalue weighted by Gasteiger charge is 2.56. The highest BCUT2D eigenvalue weighted by molar-refractivity contribution is 5.75.